The van der Waals surface area contributed by atoms with Crippen molar-refractivity contribution in [2.24, 2.45) is 5.92 Å². The van der Waals surface area contributed by atoms with Crippen molar-refractivity contribution in [2.45, 2.75) is 105 Å². The first-order chi connectivity index (χ1) is 15.6. The van der Waals surface area contributed by atoms with Gasteiger partial charge in [-0.3, -0.25) is 9.59 Å². The van der Waals surface area contributed by atoms with Crippen LogP contribution in [0.5, 0.6) is 0 Å². The number of nitrogens with zero attached hydrogens (tertiary/aromatic N) is 1. The minimum absolute atomic E-state index is 0.0132. The molecule has 1 rings (SSSR count). The zero-order valence-corrected chi connectivity index (χ0v) is 22.7. The Labute approximate surface area is 206 Å². The third kappa shape index (κ3) is 9.74. The number of carbonyl (C=O) groups is 3. The predicted octanol–water partition coefficient (Wildman–Crippen LogP) is 5.05. The summed E-state index contributed by atoms with van der Waals surface area (Å²) < 4.78 is 5.38. The number of hydrogen-bond donors (Lipinski definition) is 2. The van der Waals surface area contributed by atoms with Crippen LogP contribution in [-0.4, -0.2) is 47.5 Å². The summed E-state index contributed by atoms with van der Waals surface area (Å²) in [5.41, 5.74) is 2.09. The molecule has 7 nitrogen and oxygen atoms in total. The minimum atomic E-state index is -0.819. The second kappa shape index (κ2) is 12.8. The van der Waals surface area contributed by atoms with Crippen molar-refractivity contribution in [3.63, 3.8) is 0 Å². The molecule has 0 fully saturated rings. The molecule has 0 saturated heterocycles. The highest BCUT2D eigenvalue weighted by Gasteiger charge is 2.35. The summed E-state index contributed by atoms with van der Waals surface area (Å²) in [5.74, 6) is -0.417. The largest absolute Gasteiger partial charge is 0.444 e. The normalized spacial score (nSPS) is 14.2. The Balaban J connectivity index is 3.32. The maximum absolute atomic E-state index is 13.7. The van der Waals surface area contributed by atoms with E-state index >= 15 is 0 Å². The molecule has 2 N–H and O–H groups in total. The Morgan fingerprint density at radius 3 is 2.03 bits per heavy atom. The molecule has 7 heteroatoms. The van der Waals surface area contributed by atoms with Gasteiger partial charge in [-0.15, -0.1) is 0 Å². The fourth-order valence-electron chi connectivity index (χ4n) is 4.06. The van der Waals surface area contributed by atoms with E-state index in [9.17, 15) is 14.4 Å². The molecule has 3 atom stereocenters. The molecule has 0 radical (unpaired) electrons. The monoisotopic (exact) mass is 475 g/mol. The second-order valence-electron chi connectivity index (χ2n) is 10.8. The van der Waals surface area contributed by atoms with Crippen LogP contribution in [0, 0.1) is 19.8 Å². The summed E-state index contributed by atoms with van der Waals surface area (Å²) in [6.45, 7) is 17.3. The summed E-state index contributed by atoms with van der Waals surface area (Å²) in [5, 5.41) is 5.79. The SMILES string of the molecule is CCCC(C)NC(=O)C(c1cc(C)cc(C)c1)N(C)C(=O)C(CC(C)C)NC(=O)OC(C)(C)C. The van der Waals surface area contributed by atoms with E-state index in [2.05, 4.69) is 17.6 Å². The third-order valence-corrected chi connectivity index (χ3v) is 5.35. The first-order valence-corrected chi connectivity index (χ1v) is 12.3. The highest BCUT2D eigenvalue weighted by molar-refractivity contribution is 5.92. The van der Waals surface area contributed by atoms with Gasteiger partial charge in [-0.25, -0.2) is 4.79 Å². The van der Waals surface area contributed by atoms with Crippen molar-refractivity contribution >= 4 is 17.9 Å². The minimum Gasteiger partial charge on any atom is -0.444 e. The van der Waals surface area contributed by atoms with Gasteiger partial charge in [0.1, 0.15) is 17.7 Å². The van der Waals surface area contributed by atoms with Crippen LogP contribution in [0.1, 0.15) is 90.5 Å². The number of hydrogen-bond acceptors (Lipinski definition) is 4. The van der Waals surface area contributed by atoms with E-state index in [0.717, 1.165) is 29.5 Å². The van der Waals surface area contributed by atoms with Gasteiger partial charge in [0.2, 0.25) is 11.8 Å². The molecule has 192 valence electrons. The van der Waals surface area contributed by atoms with E-state index in [4.69, 9.17) is 4.74 Å². The summed E-state index contributed by atoms with van der Waals surface area (Å²) in [7, 11) is 1.62. The number of carbonyl (C=O) groups excluding carboxylic acids is 3. The molecular weight excluding hydrogens is 430 g/mol. The number of likely N-dealkylation sites (N-methyl/N-ethyl adjacent to an activating group) is 1. The Kier molecular flexibility index (Phi) is 11.1. The smallest absolute Gasteiger partial charge is 0.408 e. The molecule has 0 aliphatic carbocycles. The average molecular weight is 476 g/mol. The van der Waals surface area contributed by atoms with E-state index < -0.39 is 23.8 Å². The van der Waals surface area contributed by atoms with E-state index in [1.54, 1.807) is 27.8 Å². The summed E-state index contributed by atoms with van der Waals surface area (Å²) >= 11 is 0. The fraction of sp³-hybridized carbons (Fsp3) is 0.667. The summed E-state index contributed by atoms with van der Waals surface area (Å²) in [6.07, 6.45) is 1.57. The zero-order chi connectivity index (χ0) is 26.2. The third-order valence-electron chi connectivity index (χ3n) is 5.35. The van der Waals surface area contributed by atoms with E-state index in [1.807, 2.05) is 52.8 Å². The van der Waals surface area contributed by atoms with Crippen LogP contribution < -0.4 is 10.6 Å². The van der Waals surface area contributed by atoms with Crippen LogP contribution in [-0.2, 0) is 14.3 Å². The molecule has 0 heterocycles. The highest BCUT2D eigenvalue weighted by Crippen LogP contribution is 2.25. The molecule has 34 heavy (non-hydrogen) atoms. The number of rotatable bonds is 10. The topological polar surface area (TPSA) is 87.7 Å². The van der Waals surface area contributed by atoms with Crippen LogP contribution in [0.25, 0.3) is 0 Å². The van der Waals surface area contributed by atoms with Crippen molar-refractivity contribution in [3.05, 3.63) is 34.9 Å². The number of benzene rings is 1. The van der Waals surface area contributed by atoms with Crippen molar-refractivity contribution in [1.82, 2.24) is 15.5 Å². The Hall–Kier alpha value is -2.57. The molecule has 0 bridgehead atoms. The molecule has 0 aromatic heterocycles. The fourth-order valence-corrected chi connectivity index (χ4v) is 4.06. The summed E-state index contributed by atoms with van der Waals surface area (Å²) in [6, 6.07) is 4.26. The molecule has 0 spiro atoms. The zero-order valence-electron chi connectivity index (χ0n) is 22.7. The van der Waals surface area contributed by atoms with Gasteiger partial charge in [0.05, 0.1) is 0 Å². The lowest BCUT2D eigenvalue weighted by molar-refractivity contribution is -0.141. The lowest BCUT2D eigenvalue weighted by atomic mass is 9.97. The van der Waals surface area contributed by atoms with Crippen LogP contribution in [0.4, 0.5) is 4.79 Å². The second-order valence-corrected chi connectivity index (χ2v) is 10.8. The molecule has 3 unspecified atom stereocenters. The van der Waals surface area contributed by atoms with Gasteiger partial charge in [-0.2, -0.15) is 0 Å². The first-order valence-electron chi connectivity index (χ1n) is 12.3. The van der Waals surface area contributed by atoms with Crippen molar-refractivity contribution in [2.75, 3.05) is 7.05 Å². The molecule has 3 amide bonds. The van der Waals surface area contributed by atoms with Crippen molar-refractivity contribution < 1.29 is 19.1 Å². The molecule has 0 aliphatic rings. The van der Waals surface area contributed by atoms with E-state index in [-0.39, 0.29) is 23.8 Å². The van der Waals surface area contributed by atoms with Gasteiger partial charge in [0, 0.05) is 13.1 Å². The molecular formula is C27H45N3O4. The van der Waals surface area contributed by atoms with Crippen LogP contribution in [0.3, 0.4) is 0 Å². The number of amides is 3. The quantitative estimate of drug-likeness (QED) is 0.496. The van der Waals surface area contributed by atoms with Gasteiger partial charge in [0.25, 0.3) is 0 Å². The van der Waals surface area contributed by atoms with Gasteiger partial charge < -0.3 is 20.3 Å². The van der Waals surface area contributed by atoms with Gasteiger partial charge >= 0.3 is 6.09 Å². The molecule has 0 saturated carbocycles. The Morgan fingerprint density at radius 1 is 1.00 bits per heavy atom. The van der Waals surface area contributed by atoms with Crippen LogP contribution in [0.2, 0.25) is 0 Å². The van der Waals surface area contributed by atoms with Crippen molar-refractivity contribution in [1.29, 1.82) is 0 Å². The summed E-state index contributed by atoms with van der Waals surface area (Å²) in [4.78, 5) is 41.0. The number of nitrogens with one attached hydrogen (secondary N) is 2. The van der Waals surface area contributed by atoms with Crippen LogP contribution >= 0.6 is 0 Å². The average Bonchev–Trinajstić information content (AvgIpc) is 2.64. The molecule has 0 aliphatic heterocycles. The predicted molar refractivity (Wildman–Crippen MR) is 137 cm³/mol. The lowest BCUT2D eigenvalue weighted by Crippen LogP contribution is -2.52. The standard InChI is InChI=1S/C27H45N3O4/c1-11-12-20(6)28-24(31)23(21-15-18(4)14-19(5)16-21)30(10)25(32)22(13-17(2)3)29-26(33)34-27(7,8)9/h14-17,20,22-23H,11-13H2,1-10H3,(H,28,31)(H,29,33). The Bertz CT molecular complexity index is 825. The Morgan fingerprint density at radius 2 is 1.56 bits per heavy atom. The van der Waals surface area contributed by atoms with Gasteiger partial charge in [-0.05, 0) is 65.9 Å². The first kappa shape index (κ1) is 29.5. The van der Waals surface area contributed by atoms with Crippen molar-refractivity contribution in [3.8, 4) is 0 Å². The number of alkyl carbamates (subject to hydrolysis) is 1. The van der Waals surface area contributed by atoms with Gasteiger partial charge in [-0.1, -0.05) is 56.5 Å². The molecule has 1 aromatic carbocycles. The number of ether oxygens (including phenoxy) is 1. The van der Waals surface area contributed by atoms with E-state index in [0.29, 0.717) is 6.42 Å². The lowest BCUT2D eigenvalue weighted by Gasteiger charge is -2.33. The maximum Gasteiger partial charge on any atom is 0.408 e. The van der Waals surface area contributed by atoms with Crippen LogP contribution in [0.15, 0.2) is 18.2 Å². The number of aryl methyl sites for hydroxylation is 2. The molecule has 1 aromatic rings. The highest BCUT2D eigenvalue weighted by atomic mass is 16.6. The van der Waals surface area contributed by atoms with E-state index in [1.165, 1.54) is 4.90 Å². The maximum atomic E-state index is 13.7. The van der Waals surface area contributed by atoms with Gasteiger partial charge in [0.15, 0.2) is 0 Å².